The number of ether oxygens (including phenoxy) is 1. The van der Waals surface area contributed by atoms with Crippen LogP contribution in [0.5, 0.6) is 5.75 Å². The van der Waals surface area contributed by atoms with Gasteiger partial charge < -0.3 is 19.8 Å². The average Bonchev–Trinajstić information content (AvgIpc) is 2.48. The van der Waals surface area contributed by atoms with Crippen LogP contribution in [0.2, 0.25) is 0 Å². The Morgan fingerprint density at radius 2 is 1.90 bits per heavy atom. The van der Waals surface area contributed by atoms with E-state index in [4.69, 9.17) is 14.9 Å². The number of carboxylic acids is 1. The third-order valence-electron chi connectivity index (χ3n) is 4.51. The van der Waals surface area contributed by atoms with Crippen LogP contribution < -0.4 is 4.74 Å². The van der Waals surface area contributed by atoms with Crippen LogP contribution in [0, 0.1) is 5.92 Å². The van der Waals surface area contributed by atoms with Crippen molar-refractivity contribution in [2.45, 2.75) is 18.8 Å². The molecule has 0 spiro atoms. The highest BCUT2D eigenvalue weighted by molar-refractivity contribution is 5.88. The topological polar surface area (TPSA) is 87.1 Å². The lowest BCUT2D eigenvalue weighted by atomic mass is 9.75. The molecule has 0 unspecified atom stereocenters. The summed E-state index contributed by atoms with van der Waals surface area (Å²) in [4.78, 5) is 24.3. The minimum atomic E-state index is -1.37. The van der Waals surface area contributed by atoms with E-state index in [-0.39, 0.29) is 17.2 Å². The zero-order valence-corrected chi connectivity index (χ0v) is 11.5. The predicted molar refractivity (Wildman–Crippen MR) is 74.0 cm³/mol. The molecule has 3 saturated heterocycles. The van der Waals surface area contributed by atoms with Crippen molar-refractivity contribution < 1.29 is 24.5 Å². The molecule has 0 saturated carbocycles. The number of fused-ring (bicyclic) bond motifs is 3. The van der Waals surface area contributed by atoms with Gasteiger partial charge in [0.25, 0.3) is 0 Å². The van der Waals surface area contributed by atoms with Crippen molar-refractivity contribution in [3.63, 3.8) is 0 Å². The van der Waals surface area contributed by atoms with Gasteiger partial charge in [-0.15, -0.1) is 0 Å². The van der Waals surface area contributed by atoms with Gasteiger partial charge in [-0.1, -0.05) is 0 Å². The van der Waals surface area contributed by atoms with Crippen molar-refractivity contribution in [3.8, 4) is 5.75 Å². The van der Waals surface area contributed by atoms with Crippen molar-refractivity contribution in [1.29, 1.82) is 0 Å². The van der Waals surface area contributed by atoms with Gasteiger partial charge in [-0.25, -0.2) is 9.59 Å². The number of rotatable bonds is 3. The first-order valence-corrected chi connectivity index (χ1v) is 7.05. The lowest BCUT2D eigenvalue weighted by Crippen LogP contribution is -2.46. The Hall–Kier alpha value is -2.08. The molecule has 1 aromatic carbocycles. The van der Waals surface area contributed by atoms with Gasteiger partial charge in [-0.2, -0.15) is 0 Å². The highest BCUT2D eigenvalue weighted by Crippen LogP contribution is 2.42. The summed E-state index contributed by atoms with van der Waals surface area (Å²) in [6.45, 7) is 2.97. The van der Waals surface area contributed by atoms with Gasteiger partial charge in [0.05, 0.1) is 5.56 Å². The summed E-state index contributed by atoms with van der Waals surface area (Å²) in [5, 5.41) is 18.0. The Labute approximate surface area is 121 Å². The number of hydrogen-bond donors (Lipinski definition) is 2. The number of nitrogens with zero attached hydrogens (tertiary/aromatic N) is 1. The molecule has 2 N–H and O–H groups in total. The van der Waals surface area contributed by atoms with Crippen molar-refractivity contribution in [2.75, 3.05) is 19.6 Å². The fourth-order valence-corrected chi connectivity index (χ4v) is 3.48. The second kappa shape index (κ2) is 5.37. The molecule has 3 aliphatic rings. The molecule has 3 aliphatic heterocycles. The van der Waals surface area contributed by atoms with Crippen LogP contribution in [-0.4, -0.2) is 46.9 Å². The molecule has 6 heteroatoms. The van der Waals surface area contributed by atoms with E-state index in [2.05, 4.69) is 4.90 Å². The minimum Gasteiger partial charge on any atom is -0.478 e. The van der Waals surface area contributed by atoms with E-state index in [0.29, 0.717) is 11.5 Å². The first kappa shape index (κ1) is 13.9. The van der Waals surface area contributed by atoms with Crippen LogP contribution in [-0.2, 0) is 0 Å². The van der Waals surface area contributed by atoms with Crippen LogP contribution in [0.25, 0.3) is 0 Å². The standard InChI is InChI=1S/C15H17NO5/c17-14(18)10-1-2-13(21-15(19)20)11(7-10)12-8-16-5-3-9(12)4-6-16/h1-2,7,9,12H,3-6,8H2,(H,17,18)(H,19,20)/t12-/m1/s1. The summed E-state index contributed by atoms with van der Waals surface area (Å²) in [5.74, 6) is -0.151. The minimum absolute atomic E-state index is 0.140. The predicted octanol–water partition coefficient (Wildman–Crippen LogP) is 2.25. The zero-order valence-electron chi connectivity index (χ0n) is 11.5. The van der Waals surface area contributed by atoms with Crippen molar-refractivity contribution in [1.82, 2.24) is 4.90 Å². The molecule has 2 bridgehead atoms. The fourth-order valence-electron chi connectivity index (χ4n) is 3.48. The molecule has 4 rings (SSSR count). The lowest BCUT2D eigenvalue weighted by Gasteiger charge is -2.45. The summed E-state index contributed by atoms with van der Waals surface area (Å²) in [6, 6.07) is 4.39. The summed E-state index contributed by atoms with van der Waals surface area (Å²) >= 11 is 0. The third-order valence-corrected chi connectivity index (χ3v) is 4.51. The second-order valence-electron chi connectivity index (χ2n) is 5.67. The first-order valence-electron chi connectivity index (χ1n) is 7.05. The Morgan fingerprint density at radius 3 is 2.43 bits per heavy atom. The van der Waals surface area contributed by atoms with Gasteiger partial charge in [-0.3, -0.25) is 0 Å². The monoisotopic (exact) mass is 291 g/mol. The third kappa shape index (κ3) is 2.71. The Bertz CT molecular complexity index is 577. The number of hydrogen-bond acceptors (Lipinski definition) is 4. The van der Waals surface area contributed by atoms with Gasteiger partial charge in [0.15, 0.2) is 0 Å². The molecule has 1 aromatic rings. The smallest absolute Gasteiger partial charge is 0.478 e. The van der Waals surface area contributed by atoms with Crippen molar-refractivity contribution in [3.05, 3.63) is 29.3 Å². The molecule has 3 fully saturated rings. The molecule has 0 radical (unpaired) electrons. The molecule has 3 heterocycles. The van der Waals surface area contributed by atoms with Gasteiger partial charge >= 0.3 is 12.1 Å². The molecule has 112 valence electrons. The summed E-state index contributed by atoms with van der Waals surface area (Å²) in [7, 11) is 0. The molecule has 6 nitrogen and oxygen atoms in total. The number of aromatic carboxylic acids is 1. The molecular weight excluding hydrogens is 274 g/mol. The average molecular weight is 291 g/mol. The highest BCUT2D eigenvalue weighted by atomic mass is 16.7. The number of piperidine rings is 3. The van der Waals surface area contributed by atoms with Gasteiger partial charge in [0.2, 0.25) is 0 Å². The lowest BCUT2D eigenvalue weighted by molar-refractivity contribution is 0.0695. The number of carbonyl (C=O) groups is 2. The maximum absolute atomic E-state index is 11.2. The van der Waals surface area contributed by atoms with Crippen molar-refractivity contribution in [2.24, 2.45) is 5.92 Å². The largest absolute Gasteiger partial charge is 0.511 e. The summed E-state index contributed by atoms with van der Waals surface area (Å²) < 4.78 is 4.85. The summed E-state index contributed by atoms with van der Waals surface area (Å²) in [6.07, 6.45) is 0.753. The molecule has 1 atom stereocenters. The van der Waals surface area contributed by atoms with Crippen LogP contribution >= 0.6 is 0 Å². The maximum atomic E-state index is 11.2. The van der Waals surface area contributed by atoms with E-state index in [9.17, 15) is 9.59 Å². The Kier molecular flexibility index (Phi) is 3.55. The first-order chi connectivity index (χ1) is 10.0. The van der Waals surface area contributed by atoms with Crippen LogP contribution in [0.1, 0.15) is 34.7 Å². The van der Waals surface area contributed by atoms with E-state index >= 15 is 0 Å². The van der Waals surface area contributed by atoms with Gasteiger partial charge in [0.1, 0.15) is 5.75 Å². The fraction of sp³-hybridized carbons (Fsp3) is 0.467. The molecule has 21 heavy (non-hydrogen) atoms. The maximum Gasteiger partial charge on any atom is 0.511 e. The normalized spacial score (nSPS) is 27.3. The van der Waals surface area contributed by atoms with E-state index < -0.39 is 12.1 Å². The van der Waals surface area contributed by atoms with Crippen LogP contribution in [0.3, 0.4) is 0 Å². The van der Waals surface area contributed by atoms with E-state index in [1.807, 2.05) is 0 Å². The Morgan fingerprint density at radius 1 is 1.19 bits per heavy atom. The highest BCUT2D eigenvalue weighted by Gasteiger charge is 2.36. The zero-order chi connectivity index (χ0) is 15.0. The molecule has 0 aromatic heterocycles. The molecule has 0 amide bonds. The van der Waals surface area contributed by atoms with Gasteiger partial charge in [-0.05, 0) is 50.0 Å². The van der Waals surface area contributed by atoms with Gasteiger partial charge in [0, 0.05) is 18.0 Å². The van der Waals surface area contributed by atoms with E-state index in [1.165, 1.54) is 12.1 Å². The second-order valence-corrected chi connectivity index (χ2v) is 5.67. The van der Waals surface area contributed by atoms with Crippen LogP contribution in [0.15, 0.2) is 18.2 Å². The van der Waals surface area contributed by atoms with Crippen LogP contribution in [0.4, 0.5) is 4.79 Å². The van der Waals surface area contributed by atoms with Crippen molar-refractivity contribution >= 4 is 12.1 Å². The Balaban J connectivity index is 1.99. The summed E-state index contributed by atoms with van der Waals surface area (Å²) in [5.41, 5.74) is 0.867. The van der Waals surface area contributed by atoms with E-state index in [0.717, 1.165) is 32.5 Å². The number of carboxylic acid groups (broad SMARTS) is 2. The SMILES string of the molecule is O=C(O)Oc1ccc(C(=O)O)cc1[C@@H]1CN2CCC1CC2. The molecule has 0 aliphatic carbocycles. The molecular formula is C15H17NO5. The van der Waals surface area contributed by atoms with E-state index in [1.54, 1.807) is 6.07 Å². The quantitative estimate of drug-likeness (QED) is 0.656. The number of benzene rings is 1.